The summed E-state index contributed by atoms with van der Waals surface area (Å²) in [6, 6.07) is 4.75. The van der Waals surface area contributed by atoms with Crippen LogP contribution >= 0.6 is 0 Å². The van der Waals surface area contributed by atoms with Crippen LogP contribution in [0.3, 0.4) is 0 Å². The van der Waals surface area contributed by atoms with Gasteiger partial charge in [-0.3, -0.25) is 10.2 Å². The molecule has 0 fully saturated rings. The van der Waals surface area contributed by atoms with E-state index < -0.39 is 18.4 Å². The maximum Gasteiger partial charge on any atom is 0.573 e. The molecule has 1 atom stereocenters. The van der Waals surface area contributed by atoms with Gasteiger partial charge in [0.15, 0.2) is 6.10 Å². The van der Waals surface area contributed by atoms with Gasteiger partial charge in [0.05, 0.1) is 0 Å². The maximum absolute atomic E-state index is 12.0. The molecule has 0 aliphatic rings. The number of hydrogen-bond donors (Lipinski definition) is 2. The first-order valence-electron chi connectivity index (χ1n) is 5.76. The summed E-state index contributed by atoms with van der Waals surface area (Å²) in [7, 11) is 0. The Morgan fingerprint density at radius 3 is 2.10 bits per heavy atom. The number of halogens is 3. The molecule has 8 heteroatoms. The van der Waals surface area contributed by atoms with E-state index in [4.69, 9.17) is 10.6 Å². The molecule has 112 valence electrons. The van der Waals surface area contributed by atoms with Crippen molar-refractivity contribution in [3.63, 3.8) is 0 Å². The van der Waals surface area contributed by atoms with Crippen molar-refractivity contribution in [2.75, 3.05) is 0 Å². The molecule has 1 amide bonds. The van der Waals surface area contributed by atoms with Crippen LogP contribution in [0.5, 0.6) is 11.5 Å². The fourth-order valence-electron chi connectivity index (χ4n) is 1.44. The van der Waals surface area contributed by atoms with Crippen LogP contribution in [0.1, 0.15) is 13.8 Å². The third kappa shape index (κ3) is 4.96. The van der Waals surface area contributed by atoms with Gasteiger partial charge in [-0.15, -0.1) is 13.2 Å². The van der Waals surface area contributed by atoms with E-state index in [1.165, 1.54) is 12.1 Å². The molecule has 0 heterocycles. The number of amides is 1. The Bertz CT molecular complexity index is 446. The Hall–Kier alpha value is -1.96. The Labute approximate surface area is 113 Å². The number of rotatable bonds is 5. The van der Waals surface area contributed by atoms with E-state index >= 15 is 0 Å². The first kappa shape index (κ1) is 16.1. The number of carbonyl (C=O) groups excluding carboxylic acids is 1. The van der Waals surface area contributed by atoms with Crippen LogP contribution in [-0.4, -0.2) is 18.4 Å². The van der Waals surface area contributed by atoms with E-state index in [2.05, 4.69) is 4.74 Å². The van der Waals surface area contributed by atoms with E-state index in [0.717, 1.165) is 12.1 Å². The summed E-state index contributed by atoms with van der Waals surface area (Å²) >= 11 is 0. The first-order valence-corrected chi connectivity index (χ1v) is 5.76. The van der Waals surface area contributed by atoms with Crippen LogP contribution in [0.4, 0.5) is 13.2 Å². The molecule has 5 nitrogen and oxygen atoms in total. The quantitative estimate of drug-likeness (QED) is 0.494. The first-order chi connectivity index (χ1) is 9.23. The zero-order valence-corrected chi connectivity index (χ0v) is 10.9. The van der Waals surface area contributed by atoms with Gasteiger partial charge in [0.25, 0.3) is 5.91 Å². The topological polar surface area (TPSA) is 73.6 Å². The Balaban J connectivity index is 2.75. The molecule has 1 aromatic carbocycles. The van der Waals surface area contributed by atoms with Gasteiger partial charge < -0.3 is 9.47 Å². The van der Waals surface area contributed by atoms with Crippen molar-refractivity contribution in [1.29, 1.82) is 0 Å². The Morgan fingerprint density at radius 2 is 1.70 bits per heavy atom. The van der Waals surface area contributed by atoms with Crippen molar-refractivity contribution in [1.82, 2.24) is 5.43 Å². The van der Waals surface area contributed by atoms with Gasteiger partial charge in [0.1, 0.15) is 11.5 Å². The van der Waals surface area contributed by atoms with Gasteiger partial charge in [0.2, 0.25) is 0 Å². The van der Waals surface area contributed by atoms with Crippen molar-refractivity contribution in [3.05, 3.63) is 24.3 Å². The highest BCUT2D eigenvalue weighted by atomic mass is 19.4. The van der Waals surface area contributed by atoms with Gasteiger partial charge in [-0.25, -0.2) is 5.84 Å². The van der Waals surface area contributed by atoms with Gasteiger partial charge in [0, 0.05) is 0 Å². The Kier molecular flexibility index (Phi) is 5.20. The second-order valence-electron chi connectivity index (χ2n) is 4.31. The van der Waals surface area contributed by atoms with Gasteiger partial charge in [-0.2, -0.15) is 0 Å². The second-order valence-corrected chi connectivity index (χ2v) is 4.31. The fraction of sp³-hybridized carbons (Fsp3) is 0.417. The lowest BCUT2D eigenvalue weighted by Gasteiger charge is -2.20. The molecule has 0 spiro atoms. The van der Waals surface area contributed by atoms with E-state index in [1.807, 2.05) is 5.43 Å². The lowest BCUT2D eigenvalue weighted by atomic mass is 10.1. The summed E-state index contributed by atoms with van der Waals surface area (Å²) < 4.78 is 45.1. The number of benzene rings is 1. The predicted octanol–water partition coefficient (Wildman–Crippen LogP) is 1.98. The monoisotopic (exact) mass is 292 g/mol. The van der Waals surface area contributed by atoms with E-state index in [0.29, 0.717) is 0 Å². The van der Waals surface area contributed by atoms with Crippen LogP contribution in [0.15, 0.2) is 24.3 Å². The van der Waals surface area contributed by atoms with Gasteiger partial charge in [-0.05, 0) is 30.2 Å². The second kappa shape index (κ2) is 6.47. The molecule has 20 heavy (non-hydrogen) atoms. The lowest BCUT2D eigenvalue weighted by Crippen LogP contribution is -2.44. The summed E-state index contributed by atoms with van der Waals surface area (Å²) in [6.45, 7) is 3.50. The van der Waals surface area contributed by atoms with Crippen molar-refractivity contribution in [3.8, 4) is 11.5 Å². The molecule has 0 aliphatic heterocycles. The lowest BCUT2D eigenvalue weighted by molar-refractivity contribution is -0.274. The molecule has 0 aliphatic carbocycles. The summed E-state index contributed by atoms with van der Waals surface area (Å²) in [5.41, 5.74) is 1.97. The number of carbonyl (C=O) groups is 1. The normalized spacial score (nSPS) is 12.9. The number of hydrogen-bond acceptors (Lipinski definition) is 4. The van der Waals surface area contributed by atoms with Crippen molar-refractivity contribution in [2.24, 2.45) is 11.8 Å². The van der Waals surface area contributed by atoms with E-state index in [9.17, 15) is 18.0 Å². The van der Waals surface area contributed by atoms with E-state index in [1.54, 1.807) is 13.8 Å². The highest BCUT2D eigenvalue weighted by molar-refractivity contribution is 5.80. The number of hydrazine groups is 1. The number of nitrogens with two attached hydrogens (primary N) is 1. The molecule has 1 aromatic rings. The standard InChI is InChI=1S/C12H15F3N2O3/c1-7(2)10(11(18)17-16)19-8-3-5-9(6-4-8)20-12(13,14)15/h3-7,10H,16H2,1-2H3,(H,17,18). The van der Waals surface area contributed by atoms with Crippen LogP contribution in [0.25, 0.3) is 0 Å². The number of nitrogens with one attached hydrogen (secondary N) is 1. The zero-order valence-electron chi connectivity index (χ0n) is 10.9. The van der Waals surface area contributed by atoms with Crippen LogP contribution in [0.2, 0.25) is 0 Å². The van der Waals surface area contributed by atoms with Crippen molar-refractivity contribution < 1.29 is 27.4 Å². The average molecular weight is 292 g/mol. The average Bonchev–Trinajstić information content (AvgIpc) is 2.34. The summed E-state index contributed by atoms with van der Waals surface area (Å²) in [4.78, 5) is 11.5. The molecule has 0 saturated heterocycles. The molecule has 0 bridgehead atoms. The van der Waals surface area contributed by atoms with Crippen LogP contribution in [0, 0.1) is 5.92 Å². The third-order valence-electron chi connectivity index (χ3n) is 2.33. The highest BCUT2D eigenvalue weighted by Gasteiger charge is 2.31. The van der Waals surface area contributed by atoms with Gasteiger partial charge in [-0.1, -0.05) is 13.8 Å². The smallest absolute Gasteiger partial charge is 0.480 e. The molecule has 1 rings (SSSR count). The predicted molar refractivity (Wildman–Crippen MR) is 64.7 cm³/mol. The minimum atomic E-state index is -4.75. The largest absolute Gasteiger partial charge is 0.573 e. The minimum absolute atomic E-state index is 0.162. The molecule has 3 N–H and O–H groups in total. The fourth-order valence-corrected chi connectivity index (χ4v) is 1.44. The van der Waals surface area contributed by atoms with Gasteiger partial charge >= 0.3 is 6.36 Å². The van der Waals surface area contributed by atoms with Crippen molar-refractivity contribution in [2.45, 2.75) is 26.3 Å². The Morgan fingerprint density at radius 1 is 1.20 bits per heavy atom. The zero-order chi connectivity index (χ0) is 15.3. The number of alkyl halides is 3. The van der Waals surface area contributed by atoms with E-state index in [-0.39, 0.29) is 17.4 Å². The molecule has 0 aromatic heterocycles. The third-order valence-corrected chi connectivity index (χ3v) is 2.33. The molecular weight excluding hydrogens is 277 g/mol. The highest BCUT2D eigenvalue weighted by Crippen LogP contribution is 2.25. The summed E-state index contributed by atoms with van der Waals surface area (Å²) in [5, 5.41) is 0. The molecular formula is C12H15F3N2O3. The summed E-state index contributed by atoms with van der Waals surface area (Å²) in [6.07, 6.45) is -5.59. The van der Waals surface area contributed by atoms with Crippen LogP contribution in [-0.2, 0) is 4.79 Å². The van der Waals surface area contributed by atoms with Crippen molar-refractivity contribution >= 4 is 5.91 Å². The van der Waals surface area contributed by atoms with Crippen LogP contribution < -0.4 is 20.7 Å². The molecule has 0 saturated carbocycles. The minimum Gasteiger partial charge on any atom is -0.480 e. The number of ether oxygens (including phenoxy) is 2. The summed E-state index contributed by atoms with van der Waals surface area (Å²) in [5.74, 6) is 4.22. The molecule has 0 radical (unpaired) electrons. The molecule has 1 unspecified atom stereocenters. The SMILES string of the molecule is CC(C)C(Oc1ccc(OC(F)(F)F)cc1)C(=O)NN. The maximum atomic E-state index is 12.0.